The summed E-state index contributed by atoms with van der Waals surface area (Å²) >= 11 is 0. The third kappa shape index (κ3) is 3.31. The van der Waals surface area contributed by atoms with Gasteiger partial charge in [0.05, 0.1) is 6.61 Å². The van der Waals surface area contributed by atoms with Crippen molar-refractivity contribution in [2.45, 2.75) is 32.5 Å². The van der Waals surface area contributed by atoms with Crippen LogP contribution in [0, 0.1) is 0 Å². The van der Waals surface area contributed by atoms with Crippen molar-refractivity contribution in [3.05, 3.63) is 35.4 Å². The van der Waals surface area contributed by atoms with E-state index < -0.39 is 0 Å². The molecule has 0 aliphatic carbocycles. The first-order valence-electron chi connectivity index (χ1n) is 6.85. The Morgan fingerprint density at radius 2 is 2.00 bits per heavy atom. The van der Waals surface area contributed by atoms with Crippen LogP contribution in [0.25, 0.3) is 0 Å². The maximum absolute atomic E-state index is 5.28. The van der Waals surface area contributed by atoms with Gasteiger partial charge < -0.3 is 10.1 Å². The number of nitrogens with zero attached hydrogens (tertiary/aromatic N) is 1. The Hall–Kier alpha value is -0.900. The second kappa shape index (κ2) is 6.88. The summed E-state index contributed by atoms with van der Waals surface area (Å²) in [5.41, 5.74) is 2.72. The SMILES string of the molecule is CCCN(Cc1ccccc1COC)C1CNC1. The average Bonchev–Trinajstić information content (AvgIpc) is 2.30. The van der Waals surface area contributed by atoms with Crippen LogP contribution < -0.4 is 5.32 Å². The zero-order valence-corrected chi connectivity index (χ0v) is 11.5. The summed E-state index contributed by atoms with van der Waals surface area (Å²) in [6, 6.07) is 9.32. The van der Waals surface area contributed by atoms with Crippen LogP contribution in [-0.4, -0.2) is 37.7 Å². The van der Waals surface area contributed by atoms with Crippen molar-refractivity contribution >= 4 is 0 Å². The predicted octanol–water partition coefficient (Wildman–Crippen LogP) is 2.02. The molecule has 0 spiro atoms. The van der Waals surface area contributed by atoms with Gasteiger partial charge in [0.1, 0.15) is 0 Å². The highest BCUT2D eigenvalue weighted by Crippen LogP contribution is 2.16. The third-order valence-corrected chi connectivity index (χ3v) is 3.58. The van der Waals surface area contributed by atoms with Gasteiger partial charge in [-0.05, 0) is 24.1 Å². The van der Waals surface area contributed by atoms with Gasteiger partial charge in [-0.2, -0.15) is 0 Å². The van der Waals surface area contributed by atoms with Gasteiger partial charge in [-0.25, -0.2) is 0 Å². The zero-order valence-electron chi connectivity index (χ0n) is 11.5. The molecule has 1 aromatic rings. The molecule has 18 heavy (non-hydrogen) atoms. The summed E-state index contributed by atoms with van der Waals surface area (Å²) in [6.07, 6.45) is 1.21. The molecule has 0 aromatic heterocycles. The average molecular weight is 248 g/mol. The first-order chi connectivity index (χ1) is 8.85. The molecule has 0 atom stereocenters. The van der Waals surface area contributed by atoms with Gasteiger partial charge in [0.2, 0.25) is 0 Å². The van der Waals surface area contributed by atoms with E-state index in [1.54, 1.807) is 7.11 Å². The zero-order chi connectivity index (χ0) is 12.8. The number of rotatable bonds is 7. The molecular formula is C15H24N2O. The Bertz CT molecular complexity index is 363. The van der Waals surface area contributed by atoms with Crippen LogP contribution in [0.2, 0.25) is 0 Å². The fourth-order valence-electron chi connectivity index (χ4n) is 2.44. The summed E-state index contributed by atoms with van der Waals surface area (Å²) in [5.74, 6) is 0. The monoisotopic (exact) mass is 248 g/mol. The molecule has 1 aliphatic rings. The van der Waals surface area contributed by atoms with Gasteiger partial charge in [-0.1, -0.05) is 31.2 Å². The number of hydrogen-bond donors (Lipinski definition) is 1. The number of benzene rings is 1. The molecule has 1 heterocycles. The Labute approximate surface area is 110 Å². The van der Waals surface area contributed by atoms with E-state index in [4.69, 9.17) is 4.74 Å². The molecule has 1 saturated heterocycles. The molecule has 100 valence electrons. The van der Waals surface area contributed by atoms with E-state index in [1.807, 2.05) is 0 Å². The molecule has 0 unspecified atom stereocenters. The summed E-state index contributed by atoms with van der Waals surface area (Å²) in [4.78, 5) is 2.59. The highest BCUT2D eigenvalue weighted by Gasteiger charge is 2.24. The second-order valence-electron chi connectivity index (χ2n) is 4.98. The Morgan fingerprint density at radius 1 is 1.28 bits per heavy atom. The molecule has 1 fully saturated rings. The molecular weight excluding hydrogens is 224 g/mol. The molecule has 0 saturated carbocycles. The van der Waals surface area contributed by atoms with Crippen molar-refractivity contribution in [1.82, 2.24) is 10.2 Å². The van der Waals surface area contributed by atoms with E-state index in [0.717, 1.165) is 19.6 Å². The van der Waals surface area contributed by atoms with Gasteiger partial charge in [0, 0.05) is 32.8 Å². The van der Waals surface area contributed by atoms with Crippen LogP contribution in [-0.2, 0) is 17.9 Å². The summed E-state index contributed by atoms with van der Waals surface area (Å²) in [7, 11) is 1.76. The molecule has 1 N–H and O–H groups in total. The van der Waals surface area contributed by atoms with Crippen molar-refractivity contribution in [2.75, 3.05) is 26.7 Å². The summed E-state index contributed by atoms with van der Waals surface area (Å²) < 4.78 is 5.28. The second-order valence-corrected chi connectivity index (χ2v) is 4.98. The standard InChI is InChI=1S/C15H24N2O/c1-3-8-17(15-9-16-10-15)11-13-6-4-5-7-14(13)12-18-2/h4-7,15-16H,3,8-12H2,1-2H3. The van der Waals surface area contributed by atoms with E-state index in [-0.39, 0.29) is 0 Å². The summed E-state index contributed by atoms with van der Waals surface area (Å²) in [5, 5.41) is 3.36. The first kappa shape index (κ1) is 13.5. The lowest BCUT2D eigenvalue weighted by atomic mass is 10.0. The number of hydrogen-bond acceptors (Lipinski definition) is 3. The topological polar surface area (TPSA) is 24.5 Å². The molecule has 3 heteroatoms. The molecule has 0 radical (unpaired) electrons. The van der Waals surface area contributed by atoms with Crippen LogP contribution in [0.15, 0.2) is 24.3 Å². The number of ether oxygens (including phenoxy) is 1. The van der Waals surface area contributed by atoms with E-state index in [0.29, 0.717) is 12.6 Å². The van der Waals surface area contributed by atoms with E-state index in [9.17, 15) is 0 Å². The van der Waals surface area contributed by atoms with Crippen LogP contribution in [0.3, 0.4) is 0 Å². The minimum atomic E-state index is 0.707. The highest BCUT2D eigenvalue weighted by atomic mass is 16.5. The molecule has 0 bridgehead atoms. The molecule has 1 aromatic carbocycles. The van der Waals surface area contributed by atoms with Crippen molar-refractivity contribution in [3.63, 3.8) is 0 Å². The molecule has 3 nitrogen and oxygen atoms in total. The lowest BCUT2D eigenvalue weighted by molar-refractivity contribution is 0.135. The van der Waals surface area contributed by atoms with E-state index in [1.165, 1.54) is 24.1 Å². The quantitative estimate of drug-likeness (QED) is 0.799. The lowest BCUT2D eigenvalue weighted by Gasteiger charge is -2.38. The maximum atomic E-state index is 5.28. The predicted molar refractivity (Wildman–Crippen MR) is 74.5 cm³/mol. The molecule has 2 rings (SSSR count). The first-order valence-corrected chi connectivity index (χ1v) is 6.85. The van der Waals surface area contributed by atoms with Gasteiger partial charge in [0.25, 0.3) is 0 Å². The van der Waals surface area contributed by atoms with Gasteiger partial charge in [0.15, 0.2) is 0 Å². The minimum absolute atomic E-state index is 0.707. The van der Waals surface area contributed by atoms with Crippen LogP contribution in [0.5, 0.6) is 0 Å². The van der Waals surface area contributed by atoms with Crippen LogP contribution in [0.1, 0.15) is 24.5 Å². The smallest absolute Gasteiger partial charge is 0.0716 e. The Balaban J connectivity index is 2.04. The lowest BCUT2D eigenvalue weighted by Crippen LogP contribution is -2.57. The Morgan fingerprint density at radius 3 is 2.56 bits per heavy atom. The summed E-state index contributed by atoms with van der Waals surface area (Å²) in [6.45, 7) is 7.44. The third-order valence-electron chi connectivity index (χ3n) is 3.58. The van der Waals surface area contributed by atoms with Gasteiger partial charge >= 0.3 is 0 Å². The van der Waals surface area contributed by atoms with E-state index >= 15 is 0 Å². The van der Waals surface area contributed by atoms with Gasteiger partial charge in [-0.15, -0.1) is 0 Å². The maximum Gasteiger partial charge on any atom is 0.0716 e. The Kier molecular flexibility index (Phi) is 5.17. The number of methoxy groups -OCH3 is 1. The van der Waals surface area contributed by atoms with E-state index in [2.05, 4.69) is 41.4 Å². The number of nitrogens with one attached hydrogen (secondary N) is 1. The van der Waals surface area contributed by atoms with Crippen molar-refractivity contribution in [3.8, 4) is 0 Å². The van der Waals surface area contributed by atoms with Crippen molar-refractivity contribution in [1.29, 1.82) is 0 Å². The highest BCUT2D eigenvalue weighted by molar-refractivity contribution is 5.26. The van der Waals surface area contributed by atoms with Crippen molar-refractivity contribution in [2.24, 2.45) is 0 Å². The molecule has 1 aliphatic heterocycles. The normalized spacial score (nSPS) is 15.9. The minimum Gasteiger partial charge on any atom is -0.380 e. The fourth-order valence-corrected chi connectivity index (χ4v) is 2.44. The fraction of sp³-hybridized carbons (Fsp3) is 0.600. The van der Waals surface area contributed by atoms with Crippen LogP contribution >= 0.6 is 0 Å². The van der Waals surface area contributed by atoms with Crippen molar-refractivity contribution < 1.29 is 4.74 Å². The van der Waals surface area contributed by atoms with Crippen LogP contribution in [0.4, 0.5) is 0 Å². The van der Waals surface area contributed by atoms with Gasteiger partial charge in [-0.3, -0.25) is 4.90 Å². The molecule has 0 amide bonds. The largest absolute Gasteiger partial charge is 0.380 e.